The highest BCUT2D eigenvalue weighted by molar-refractivity contribution is 14.1. The van der Waals surface area contributed by atoms with Gasteiger partial charge in [-0.05, 0) is 55.0 Å². The van der Waals surface area contributed by atoms with Crippen LogP contribution >= 0.6 is 34.2 Å². The van der Waals surface area contributed by atoms with Gasteiger partial charge in [-0.1, -0.05) is 11.6 Å². The molecule has 2 atom stereocenters. The number of morpholine rings is 1. The molecule has 0 bridgehead atoms. The summed E-state index contributed by atoms with van der Waals surface area (Å²) in [5.74, 6) is 0.381. The van der Waals surface area contributed by atoms with Crippen LogP contribution in [0.4, 0.5) is 0 Å². The number of rotatable bonds is 6. The lowest BCUT2D eigenvalue weighted by Gasteiger charge is -2.35. The highest BCUT2D eigenvalue weighted by Crippen LogP contribution is 2.28. The van der Waals surface area contributed by atoms with Crippen LogP contribution in [0.2, 0.25) is 5.02 Å². The Hall–Kier alpha value is -0.570. The Bertz CT molecular complexity index is 575. The van der Waals surface area contributed by atoms with Gasteiger partial charge in [0.2, 0.25) is 0 Å². The molecule has 0 aromatic heterocycles. The summed E-state index contributed by atoms with van der Waals surface area (Å²) < 4.78 is 11.9. The van der Waals surface area contributed by atoms with Crippen molar-refractivity contribution in [3.05, 3.63) is 26.3 Å². The molecule has 1 saturated heterocycles. The fourth-order valence-corrected chi connectivity index (χ4v) is 3.54. The first-order chi connectivity index (χ1) is 11.4. The van der Waals surface area contributed by atoms with Crippen molar-refractivity contribution in [2.45, 2.75) is 32.5 Å². The molecule has 1 heterocycles. The molecule has 0 aliphatic carbocycles. The molecule has 1 aliphatic rings. The van der Waals surface area contributed by atoms with Gasteiger partial charge in [0.15, 0.2) is 0 Å². The summed E-state index contributed by atoms with van der Waals surface area (Å²) in [6.07, 6.45) is 1.43. The number of nitrogens with zero attached hydrogens (tertiary/aromatic N) is 1. The number of carbonyl (C=O) groups is 1. The topological polar surface area (TPSA) is 50.8 Å². The first-order valence-electron chi connectivity index (χ1n) is 8.09. The third-order valence-corrected chi connectivity index (χ3v) is 5.44. The Labute approximate surface area is 162 Å². The zero-order valence-electron chi connectivity index (χ0n) is 14.3. The number of hydrogen-bond acceptors (Lipinski definition) is 4. The number of methoxy groups -OCH3 is 1. The Morgan fingerprint density at radius 1 is 1.42 bits per heavy atom. The van der Waals surface area contributed by atoms with E-state index in [0.717, 1.165) is 29.6 Å². The molecular formula is C17H24ClIN2O3. The second-order valence-corrected chi connectivity index (χ2v) is 7.66. The van der Waals surface area contributed by atoms with Crippen molar-refractivity contribution in [1.29, 1.82) is 0 Å². The van der Waals surface area contributed by atoms with Crippen LogP contribution in [0.15, 0.2) is 12.1 Å². The molecule has 5 nitrogen and oxygen atoms in total. The molecule has 0 saturated carbocycles. The van der Waals surface area contributed by atoms with Crippen LogP contribution in [0, 0.1) is 3.57 Å². The largest absolute Gasteiger partial charge is 0.496 e. The summed E-state index contributed by atoms with van der Waals surface area (Å²) in [6.45, 7) is 7.64. The standard InChI is InChI=1S/C17H24ClIN2O3/c1-11-9-21(10-12(2)24-11)6-4-5-20-17(22)13-7-14(18)15(19)8-16(13)23-3/h7-8,11-12H,4-6,9-10H2,1-3H3,(H,20,22). The van der Waals surface area contributed by atoms with Crippen molar-refractivity contribution in [2.75, 3.05) is 33.3 Å². The summed E-state index contributed by atoms with van der Waals surface area (Å²) in [6, 6.07) is 3.43. The lowest BCUT2D eigenvalue weighted by atomic mass is 10.2. The van der Waals surface area contributed by atoms with Gasteiger partial charge in [0.05, 0.1) is 29.9 Å². The lowest BCUT2D eigenvalue weighted by molar-refractivity contribution is -0.0679. The van der Waals surface area contributed by atoms with E-state index in [0.29, 0.717) is 22.9 Å². The molecule has 1 fully saturated rings. The quantitative estimate of drug-likeness (QED) is 0.517. The lowest BCUT2D eigenvalue weighted by Crippen LogP contribution is -2.46. The van der Waals surface area contributed by atoms with Crippen LogP contribution in [0.3, 0.4) is 0 Å². The zero-order valence-corrected chi connectivity index (χ0v) is 17.2. The highest BCUT2D eigenvalue weighted by Gasteiger charge is 2.21. The maximum absolute atomic E-state index is 12.4. The fourth-order valence-electron chi connectivity index (χ4n) is 2.94. The number of hydrogen-bond donors (Lipinski definition) is 1. The predicted molar refractivity (Wildman–Crippen MR) is 104 cm³/mol. The number of ether oxygens (including phenoxy) is 2. The first kappa shape index (κ1) is 19.8. The van der Waals surface area contributed by atoms with Crippen molar-refractivity contribution in [1.82, 2.24) is 10.2 Å². The highest BCUT2D eigenvalue weighted by atomic mass is 127. The third-order valence-electron chi connectivity index (χ3n) is 3.92. The normalized spacial score (nSPS) is 21.5. The first-order valence-corrected chi connectivity index (χ1v) is 9.55. The van der Waals surface area contributed by atoms with E-state index in [-0.39, 0.29) is 18.1 Å². The van der Waals surface area contributed by atoms with E-state index in [1.807, 2.05) is 0 Å². The number of benzene rings is 1. The second-order valence-electron chi connectivity index (χ2n) is 6.09. The molecule has 1 aliphatic heterocycles. The van der Waals surface area contributed by atoms with E-state index in [2.05, 4.69) is 46.7 Å². The summed E-state index contributed by atoms with van der Waals surface area (Å²) in [5, 5.41) is 3.50. The molecule has 1 amide bonds. The van der Waals surface area contributed by atoms with Gasteiger partial charge in [-0.2, -0.15) is 0 Å². The van der Waals surface area contributed by atoms with Gasteiger partial charge < -0.3 is 14.8 Å². The summed E-state index contributed by atoms with van der Waals surface area (Å²) in [5.41, 5.74) is 0.469. The van der Waals surface area contributed by atoms with Gasteiger partial charge in [0.25, 0.3) is 5.91 Å². The van der Waals surface area contributed by atoms with Gasteiger partial charge in [-0.15, -0.1) is 0 Å². The van der Waals surface area contributed by atoms with E-state index >= 15 is 0 Å². The Balaban J connectivity index is 1.82. The Morgan fingerprint density at radius 2 is 2.08 bits per heavy atom. The van der Waals surface area contributed by atoms with Crippen LogP contribution in [-0.2, 0) is 4.74 Å². The van der Waals surface area contributed by atoms with Crippen LogP contribution in [-0.4, -0.2) is 56.3 Å². The van der Waals surface area contributed by atoms with Crippen molar-refractivity contribution < 1.29 is 14.3 Å². The molecule has 24 heavy (non-hydrogen) atoms. The average molecular weight is 467 g/mol. The van der Waals surface area contributed by atoms with Crippen molar-refractivity contribution >= 4 is 40.1 Å². The van der Waals surface area contributed by atoms with E-state index in [1.165, 1.54) is 0 Å². The summed E-state index contributed by atoms with van der Waals surface area (Å²) in [4.78, 5) is 14.7. The molecular weight excluding hydrogens is 443 g/mol. The fraction of sp³-hybridized carbons (Fsp3) is 0.588. The minimum Gasteiger partial charge on any atom is -0.496 e. The molecule has 2 rings (SSSR count). The van der Waals surface area contributed by atoms with Gasteiger partial charge in [0, 0.05) is 29.7 Å². The summed E-state index contributed by atoms with van der Waals surface area (Å²) in [7, 11) is 1.55. The molecule has 7 heteroatoms. The van der Waals surface area contributed by atoms with Gasteiger partial charge in [-0.3, -0.25) is 9.69 Å². The number of amides is 1. The van der Waals surface area contributed by atoms with E-state index in [4.69, 9.17) is 21.1 Å². The maximum Gasteiger partial charge on any atom is 0.255 e. The van der Waals surface area contributed by atoms with E-state index < -0.39 is 0 Å². The van der Waals surface area contributed by atoms with Gasteiger partial charge >= 0.3 is 0 Å². The van der Waals surface area contributed by atoms with Crippen molar-refractivity contribution in [3.8, 4) is 5.75 Å². The smallest absolute Gasteiger partial charge is 0.255 e. The van der Waals surface area contributed by atoms with Crippen LogP contribution in [0.1, 0.15) is 30.6 Å². The Morgan fingerprint density at radius 3 is 2.71 bits per heavy atom. The van der Waals surface area contributed by atoms with Crippen LogP contribution in [0.5, 0.6) is 5.75 Å². The number of halogens is 2. The monoisotopic (exact) mass is 466 g/mol. The van der Waals surface area contributed by atoms with Gasteiger partial charge in [0.1, 0.15) is 5.75 Å². The number of carbonyl (C=O) groups excluding carboxylic acids is 1. The molecule has 1 aromatic rings. The Kier molecular flexibility index (Phi) is 7.59. The van der Waals surface area contributed by atoms with Crippen molar-refractivity contribution in [3.63, 3.8) is 0 Å². The zero-order chi connectivity index (χ0) is 17.7. The predicted octanol–water partition coefficient (Wildman–Crippen LogP) is 3.18. The van der Waals surface area contributed by atoms with Gasteiger partial charge in [-0.25, -0.2) is 0 Å². The van der Waals surface area contributed by atoms with Crippen LogP contribution in [0.25, 0.3) is 0 Å². The minimum absolute atomic E-state index is 0.158. The number of nitrogens with one attached hydrogen (secondary N) is 1. The summed E-state index contributed by atoms with van der Waals surface area (Å²) >= 11 is 8.23. The van der Waals surface area contributed by atoms with E-state index in [1.54, 1.807) is 19.2 Å². The molecule has 134 valence electrons. The SMILES string of the molecule is COc1cc(I)c(Cl)cc1C(=O)NCCCN1CC(C)OC(C)C1. The van der Waals surface area contributed by atoms with Crippen molar-refractivity contribution in [2.24, 2.45) is 0 Å². The minimum atomic E-state index is -0.158. The molecule has 1 aromatic carbocycles. The molecule has 1 N–H and O–H groups in total. The second kappa shape index (κ2) is 9.22. The molecule has 0 spiro atoms. The molecule has 0 radical (unpaired) electrons. The van der Waals surface area contributed by atoms with E-state index in [9.17, 15) is 4.79 Å². The third kappa shape index (κ3) is 5.47. The maximum atomic E-state index is 12.4. The van der Waals surface area contributed by atoms with Crippen LogP contribution < -0.4 is 10.1 Å². The average Bonchev–Trinajstić information content (AvgIpc) is 2.52. The molecule has 2 unspecified atom stereocenters.